The summed E-state index contributed by atoms with van der Waals surface area (Å²) in [6.45, 7) is 4.83. The molecule has 0 aliphatic heterocycles. The van der Waals surface area contributed by atoms with E-state index in [1.54, 1.807) is 20.8 Å². The third-order valence-electron chi connectivity index (χ3n) is 1.78. The molecule has 0 aromatic heterocycles. The van der Waals surface area contributed by atoms with Crippen LogP contribution in [0.4, 0.5) is 4.79 Å². The van der Waals surface area contributed by atoms with Crippen molar-refractivity contribution in [1.82, 2.24) is 5.32 Å². The second-order valence-corrected chi connectivity index (χ2v) is 7.20. The first-order valence-corrected chi connectivity index (χ1v) is 7.37. The zero-order valence-corrected chi connectivity index (χ0v) is 11.5. The SMILES string of the molecule is CC(C)(C)OC(=O)NC(CO)CCS(C)(=O)=O. The third kappa shape index (κ3) is 10.1. The molecule has 7 heteroatoms. The molecular weight excluding hydrogens is 246 g/mol. The molecule has 0 aliphatic rings. The van der Waals surface area contributed by atoms with Gasteiger partial charge in [-0.25, -0.2) is 13.2 Å². The van der Waals surface area contributed by atoms with Crippen molar-refractivity contribution in [3.8, 4) is 0 Å². The lowest BCUT2D eigenvalue weighted by atomic mass is 10.2. The average Bonchev–Trinajstić information content (AvgIpc) is 2.07. The second-order valence-electron chi connectivity index (χ2n) is 4.94. The van der Waals surface area contributed by atoms with Gasteiger partial charge in [-0.1, -0.05) is 0 Å². The maximum absolute atomic E-state index is 11.4. The van der Waals surface area contributed by atoms with E-state index in [0.29, 0.717) is 0 Å². The molecule has 0 aliphatic carbocycles. The van der Waals surface area contributed by atoms with Crippen molar-refractivity contribution in [1.29, 1.82) is 0 Å². The monoisotopic (exact) mass is 267 g/mol. The van der Waals surface area contributed by atoms with Crippen molar-refractivity contribution in [2.75, 3.05) is 18.6 Å². The number of sulfone groups is 1. The van der Waals surface area contributed by atoms with Gasteiger partial charge < -0.3 is 15.2 Å². The van der Waals surface area contributed by atoms with Gasteiger partial charge in [-0.3, -0.25) is 0 Å². The average molecular weight is 267 g/mol. The largest absolute Gasteiger partial charge is 0.444 e. The van der Waals surface area contributed by atoms with Crippen LogP contribution in [0.3, 0.4) is 0 Å². The molecule has 6 nitrogen and oxygen atoms in total. The number of alkyl carbamates (subject to hydrolysis) is 1. The Morgan fingerprint density at radius 1 is 1.41 bits per heavy atom. The highest BCUT2D eigenvalue weighted by Gasteiger charge is 2.19. The number of amides is 1. The molecule has 0 radical (unpaired) electrons. The number of carbonyl (C=O) groups is 1. The predicted molar refractivity (Wildman–Crippen MR) is 64.6 cm³/mol. The highest BCUT2D eigenvalue weighted by molar-refractivity contribution is 7.90. The Labute approximate surface area is 102 Å². The molecule has 0 saturated carbocycles. The van der Waals surface area contributed by atoms with Crippen LogP contribution in [-0.2, 0) is 14.6 Å². The number of hydrogen-bond donors (Lipinski definition) is 2. The molecule has 0 aromatic rings. The Morgan fingerprint density at radius 3 is 2.29 bits per heavy atom. The van der Waals surface area contributed by atoms with Gasteiger partial charge in [0.15, 0.2) is 0 Å². The van der Waals surface area contributed by atoms with Crippen LogP contribution in [0.1, 0.15) is 27.2 Å². The molecule has 2 N–H and O–H groups in total. The van der Waals surface area contributed by atoms with Gasteiger partial charge in [-0.05, 0) is 27.2 Å². The minimum absolute atomic E-state index is 0.0893. The summed E-state index contributed by atoms with van der Waals surface area (Å²) in [4.78, 5) is 11.4. The summed E-state index contributed by atoms with van der Waals surface area (Å²) in [7, 11) is -3.10. The summed E-state index contributed by atoms with van der Waals surface area (Å²) in [5.41, 5.74) is -0.624. The molecule has 1 atom stereocenters. The Balaban J connectivity index is 4.18. The molecular formula is C10H21NO5S. The Hall–Kier alpha value is -0.820. The fourth-order valence-electron chi connectivity index (χ4n) is 1.04. The quantitative estimate of drug-likeness (QED) is 0.747. The van der Waals surface area contributed by atoms with E-state index in [-0.39, 0.29) is 18.8 Å². The van der Waals surface area contributed by atoms with Crippen molar-refractivity contribution in [2.45, 2.75) is 38.8 Å². The summed E-state index contributed by atoms with van der Waals surface area (Å²) in [6.07, 6.45) is 0.605. The second kappa shape index (κ2) is 6.20. The van der Waals surface area contributed by atoms with Crippen LogP contribution in [0, 0.1) is 0 Å². The first kappa shape index (κ1) is 16.2. The van der Waals surface area contributed by atoms with Gasteiger partial charge >= 0.3 is 6.09 Å². The van der Waals surface area contributed by atoms with E-state index in [2.05, 4.69) is 5.32 Å². The minimum atomic E-state index is -3.10. The van der Waals surface area contributed by atoms with Gasteiger partial charge in [0.25, 0.3) is 0 Å². The third-order valence-corrected chi connectivity index (χ3v) is 2.76. The van der Waals surface area contributed by atoms with Crippen LogP contribution >= 0.6 is 0 Å². The normalized spacial score (nSPS) is 14.2. The van der Waals surface area contributed by atoms with Gasteiger partial charge in [0.2, 0.25) is 0 Å². The first-order chi connectivity index (χ1) is 7.53. The highest BCUT2D eigenvalue weighted by Crippen LogP contribution is 2.07. The van der Waals surface area contributed by atoms with Crippen LogP contribution in [0.15, 0.2) is 0 Å². The van der Waals surface area contributed by atoms with Gasteiger partial charge in [-0.15, -0.1) is 0 Å². The van der Waals surface area contributed by atoms with Crippen LogP contribution in [0.2, 0.25) is 0 Å². The lowest BCUT2D eigenvalue weighted by molar-refractivity contribution is 0.0481. The molecule has 1 amide bonds. The zero-order valence-electron chi connectivity index (χ0n) is 10.7. The molecule has 17 heavy (non-hydrogen) atoms. The molecule has 0 fully saturated rings. The van der Waals surface area contributed by atoms with E-state index in [9.17, 15) is 13.2 Å². The van der Waals surface area contributed by atoms with Crippen molar-refractivity contribution in [3.63, 3.8) is 0 Å². The molecule has 0 heterocycles. The van der Waals surface area contributed by atoms with Crippen molar-refractivity contribution in [2.24, 2.45) is 0 Å². The first-order valence-electron chi connectivity index (χ1n) is 5.31. The van der Waals surface area contributed by atoms with E-state index in [0.717, 1.165) is 6.26 Å². The van der Waals surface area contributed by atoms with E-state index in [4.69, 9.17) is 9.84 Å². The lowest BCUT2D eigenvalue weighted by Gasteiger charge is -2.22. The number of aliphatic hydroxyl groups excluding tert-OH is 1. The summed E-state index contributed by atoms with van der Waals surface area (Å²) >= 11 is 0. The van der Waals surface area contributed by atoms with Crippen molar-refractivity contribution >= 4 is 15.9 Å². The Kier molecular flexibility index (Phi) is 5.91. The van der Waals surface area contributed by atoms with Gasteiger partial charge in [0, 0.05) is 6.26 Å². The smallest absolute Gasteiger partial charge is 0.407 e. The maximum atomic E-state index is 11.4. The van der Waals surface area contributed by atoms with Crippen LogP contribution in [0.25, 0.3) is 0 Å². The lowest BCUT2D eigenvalue weighted by Crippen LogP contribution is -2.41. The van der Waals surface area contributed by atoms with E-state index in [1.807, 2.05) is 0 Å². The Morgan fingerprint density at radius 2 is 1.94 bits per heavy atom. The van der Waals surface area contributed by atoms with Crippen LogP contribution < -0.4 is 5.32 Å². The summed E-state index contributed by atoms with van der Waals surface area (Å²) in [5.74, 6) is -0.0893. The van der Waals surface area contributed by atoms with E-state index < -0.39 is 27.6 Å². The predicted octanol–water partition coefficient (Wildman–Crippen LogP) is 0.307. The minimum Gasteiger partial charge on any atom is -0.444 e. The fourth-order valence-corrected chi connectivity index (χ4v) is 1.75. The van der Waals surface area contributed by atoms with Crippen LogP contribution in [-0.4, -0.2) is 49.9 Å². The van der Waals surface area contributed by atoms with Crippen LogP contribution in [0.5, 0.6) is 0 Å². The molecule has 0 rings (SSSR count). The molecule has 0 spiro atoms. The number of aliphatic hydroxyl groups is 1. The number of nitrogens with one attached hydrogen (secondary N) is 1. The van der Waals surface area contributed by atoms with Gasteiger partial charge in [-0.2, -0.15) is 0 Å². The molecule has 0 aromatic carbocycles. The van der Waals surface area contributed by atoms with Gasteiger partial charge in [0.05, 0.1) is 18.4 Å². The molecule has 0 bridgehead atoms. The molecule has 0 saturated heterocycles. The fraction of sp³-hybridized carbons (Fsp3) is 0.900. The number of rotatable bonds is 5. The van der Waals surface area contributed by atoms with Crippen molar-refractivity contribution in [3.05, 3.63) is 0 Å². The maximum Gasteiger partial charge on any atom is 0.407 e. The standard InChI is InChI=1S/C10H21NO5S/c1-10(2,3)16-9(13)11-8(7-12)5-6-17(4,14)15/h8,12H,5-7H2,1-4H3,(H,11,13). The highest BCUT2D eigenvalue weighted by atomic mass is 32.2. The number of ether oxygens (including phenoxy) is 1. The molecule has 102 valence electrons. The zero-order chi connectivity index (χ0) is 13.7. The summed E-state index contributed by atoms with van der Waals surface area (Å²) < 4.78 is 26.9. The topological polar surface area (TPSA) is 92.7 Å². The van der Waals surface area contributed by atoms with E-state index in [1.165, 1.54) is 0 Å². The van der Waals surface area contributed by atoms with E-state index >= 15 is 0 Å². The van der Waals surface area contributed by atoms with Crippen molar-refractivity contribution < 1.29 is 23.1 Å². The summed E-state index contributed by atoms with van der Waals surface area (Å²) in [5, 5.41) is 11.4. The van der Waals surface area contributed by atoms with Gasteiger partial charge in [0.1, 0.15) is 15.4 Å². The molecule has 1 unspecified atom stereocenters. The summed E-state index contributed by atoms with van der Waals surface area (Å²) in [6, 6.07) is -0.612. The number of hydrogen-bond acceptors (Lipinski definition) is 5. The number of carbonyl (C=O) groups excluding carboxylic acids is 1. The Bertz CT molecular complexity index is 344.